The maximum absolute atomic E-state index is 13.8. The molecule has 1 rings (SSSR count). The summed E-state index contributed by atoms with van der Waals surface area (Å²) >= 11 is 2.04. The largest absolute Gasteiger partial charge is 0.462 e. The van der Waals surface area contributed by atoms with Crippen LogP contribution in [0.2, 0.25) is 0 Å². The lowest BCUT2D eigenvalue weighted by Crippen LogP contribution is -2.42. The van der Waals surface area contributed by atoms with Crippen LogP contribution in [0.1, 0.15) is 39.0 Å². The lowest BCUT2D eigenvalue weighted by atomic mass is 9.93. The van der Waals surface area contributed by atoms with Crippen molar-refractivity contribution < 1.29 is 18.3 Å². The Morgan fingerprint density at radius 3 is 2.62 bits per heavy atom. The summed E-state index contributed by atoms with van der Waals surface area (Å²) in [6.45, 7) is 1.55. The van der Waals surface area contributed by atoms with Gasteiger partial charge in [-0.3, -0.25) is 0 Å². The predicted octanol–water partition coefficient (Wildman–Crippen LogP) is 3.57. The lowest BCUT2D eigenvalue weighted by molar-refractivity contribution is -0.180. The molecule has 1 saturated carbocycles. The number of hydrogen-bond acceptors (Lipinski definition) is 2. The first kappa shape index (κ1) is 14.1. The Balaban J connectivity index is 2.74. The van der Waals surface area contributed by atoms with Gasteiger partial charge in [0, 0.05) is 9.84 Å². The summed E-state index contributed by atoms with van der Waals surface area (Å²) in [6, 6.07) is 0. The number of carbonyl (C=O) groups is 1. The number of halogens is 3. The van der Waals surface area contributed by atoms with Crippen molar-refractivity contribution >= 4 is 28.6 Å². The highest BCUT2D eigenvalue weighted by Gasteiger charge is 2.51. The van der Waals surface area contributed by atoms with E-state index >= 15 is 0 Å². The van der Waals surface area contributed by atoms with Gasteiger partial charge in [0.25, 0.3) is 0 Å². The molecule has 1 aliphatic carbocycles. The maximum atomic E-state index is 13.8. The van der Waals surface area contributed by atoms with Crippen LogP contribution in [-0.2, 0) is 9.53 Å². The minimum atomic E-state index is -3.33. The first-order valence-corrected chi connectivity index (χ1v) is 6.93. The van der Waals surface area contributed by atoms with Crippen molar-refractivity contribution in [3.8, 4) is 0 Å². The van der Waals surface area contributed by atoms with Crippen LogP contribution >= 0.6 is 22.6 Å². The number of alkyl halides is 3. The van der Waals surface area contributed by atoms with Gasteiger partial charge >= 0.3 is 11.9 Å². The van der Waals surface area contributed by atoms with Gasteiger partial charge in [-0.1, -0.05) is 41.9 Å². The monoisotopic (exact) mass is 346 g/mol. The summed E-state index contributed by atoms with van der Waals surface area (Å²) in [6.07, 6.45) is 3.91. The number of esters is 1. The van der Waals surface area contributed by atoms with Crippen molar-refractivity contribution in [3.05, 3.63) is 0 Å². The van der Waals surface area contributed by atoms with Crippen molar-refractivity contribution in [2.24, 2.45) is 5.92 Å². The summed E-state index contributed by atoms with van der Waals surface area (Å²) in [5.41, 5.74) is 0. The molecule has 0 radical (unpaired) electrons. The summed E-state index contributed by atoms with van der Waals surface area (Å²) in [5.74, 6) is -5.55. The quantitative estimate of drug-likeness (QED) is 0.338. The number of hydrogen-bond donors (Lipinski definition) is 0. The topological polar surface area (TPSA) is 26.3 Å². The third-order valence-corrected chi connectivity index (χ3v) is 4.44. The predicted molar refractivity (Wildman–Crippen MR) is 66.0 cm³/mol. The molecule has 0 aliphatic heterocycles. The van der Waals surface area contributed by atoms with E-state index in [0.29, 0.717) is 6.42 Å². The van der Waals surface area contributed by atoms with E-state index in [1.54, 1.807) is 6.92 Å². The molecule has 0 bridgehead atoms. The van der Waals surface area contributed by atoms with Gasteiger partial charge in [-0.2, -0.15) is 8.78 Å². The first-order chi connectivity index (χ1) is 7.50. The molecule has 0 N–H and O–H groups in total. The van der Waals surface area contributed by atoms with Gasteiger partial charge in [-0.25, -0.2) is 4.79 Å². The van der Waals surface area contributed by atoms with E-state index in [4.69, 9.17) is 0 Å². The Hall–Kier alpha value is 0.0600. The summed E-state index contributed by atoms with van der Waals surface area (Å²) in [4.78, 5) is 11.2. The summed E-state index contributed by atoms with van der Waals surface area (Å²) in [5, 5.41) is 0. The van der Waals surface area contributed by atoms with Gasteiger partial charge < -0.3 is 4.74 Å². The second kappa shape index (κ2) is 6.12. The summed E-state index contributed by atoms with van der Waals surface area (Å²) in [7, 11) is 0. The molecule has 0 amide bonds. The van der Waals surface area contributed by atoms with Crippen LogP contribution in [0.5, 0.6) is 0 Å². The molecule has 0 heterocycles. The molecular weight excluding hydrogens is 329 g/mol. The molecule has 94 valence electrons. The molecule has 0 aromatic heterocycles. The molecule has 0 saturated heterocycles. The Bertz CT molecular complexity index is 246. The maximum Gasteiger partial charge on any atom is 0.377 e. The smallest absolute Gasteiger partial charge is 0.377 e. The molecule has 2 nitrogen and oxygen atoms in total. The van der Waals surface area contributed by atoms with E-state index in [1.807, 2.05) is 22.6 Å². The van der Waals surface area contributed by atoms with Crippen LogP contribution in [-0.4, -0.2) is 22.4 Å². The van der Waals surface area contributed by atoms with Crippen molar-refractivity contribution in [2.45, 2.75) is 48.9 Å². The van der Waals surface area contributed by atoms with Gasteiger partial charge in [0.2, 0.25) is 0 Å². The van der Waals surface area contributed by atoms with Crippen LogP contribution in [0.15, 0.2) is 0 Å². The van der Waals surface area contributed by atoms with Crippen LogP contribution in [0.3, 0.4) is 0 Å². The second-order valence-corrected chi connectivity index (χ2v) is 5.70. The fourth-order valence-corrected chi connectivity index (χ4v) is 3.30. The molecule has 1 aliphatic rings. The standard InChI is InChI=1S/C11H17F2IO2/c1-2-16-10(15)11(12,13)8-6-4-3-5-7-9(8)14/h8-9H,2-7H2,1H3. The summed E-state index contributed by atoms with van der Waals surface area (Å²) < 4.78 is 32.0. The van der Waals surface area contributed by atoms with Crippen LogP contribution in [0.4, 0.5) is 8.78 Å². The fourth-order valence-electron chi connectivity index (χ4n) is 2.05. The SMILES string of the molecule is CCOC(=O)C(F)(F)C1CCCCCC1I. The highest BCUT2D eigenvalue weighted by Crippen LogP contribution is 2.40. The number of ether oxygens (including phenoxy) is 1. The molecule has 0 spiro atoms. The third-order valence-electron chi connectivity index (χ3n) is 2.94. The fraction of sp³-hybridized carbons (Fsp3) is 0.909. The zero-order chi connectivity index (χ0) is 12.2. The van der Waals surface area contributed by atoms with Gasteiger partial charge in [-0.05, 0) is 19.8 Å². The molecular formula is C11H17F2IO2. The first-order valence-electron chi connectivity index (χ1n) is 5.69. The molecule has 0 aromatic rings. The van der Waals surface area contributed by atoms with Crippen LogP contribution in [0.25, 0.3) is 0 Å². The number of carbonyl (C=O) groups excluding carboxylic acids is 1. The minimum absolute atomic E-state index is 0.00700. The van der Waals surface area contributed by atoms with E-state index < -0.39 is 17.8 Å². The zero-order valence-electron chi connectivity index (χ0n) is 9.35. The Kier molecular flexibility index (Phi) is 5.40. The molecule has 1 fully saturated rings. The van der Waals surface area contributed by atoms with E-state index in [1.165, 1.54) is 0 Å². The molecule has 2 unspecified atom stereocenters. The molecule has 5 heteroatoms. The normalized spacial score (nSPS) is 27.2. The zero-order valence-corrected chi connectivity index (χ0v) is 11.5. The van der Waals surface area contributed by atoms with E-state index in [9.17, 15) is 13.6 Å². The lowest BCUT2D eigenvalue weighted by Gasteiger charge is -2.27. The van der Waals surface area contributed by atoms with Crippen LogP contribution in [0, 0.1) is 5.92 Å². The molecule has 2 atom stereocenters. The average Bonchev–Trinajstić information content (AvgIpc) is 2.43. The Morgan fingerprint density at radius 2 is 2.00 bits per heavy atom. The Morgan fingerprint density at radius 1 is 1.38 bits per heavy atom. The highest BCUT2D eigenvalue weighted by molar-refractivity contribution is 14.1. The second-order valence-electron chi connectivity index (χ2n) is 4.10. The van der Waals surface area contributed by atoms with E-state index in [0.717, 1.165) is 25.7 Å². The van der Waals surface area contributed by atoms with Gasteiger partial charge in [0.1, 0.15) is 0 Å². The van der Waals surface area contributed by atoms with Crippen LogP contribution < -0.4 is 0 Å². The van der Waals surface area contributed by atoms with Gasteiger partial charge in [0.15, 0.2) is 0 Å². The molecule has 0 aromatic carbocycles. The molecule has 16 heavy (non-hydrogen) atoms. The van der Waals surface area contributed by atoms with Gasteiger partial charge in [0.05, 0.1) is 6.61 Å². The van der Waals surface area contributed by atoms with Crippen molar-refractivity contribution in [3.63, 3.8) is 0 Å². The van der Waals surface area contributed by atoms with E-state index in [-0.39, 0.29) is 10.5 Å². The Labute approximate surface area is 108 Å². The minimum Gasteiger partial charge on any atom is -0.462 e. The van der Waals surface area contributed by atoms with E-state index in [2.05, 4.69) is 4.74 Å². The highest BCUT2D eigenvalue weighted by atomic mass is 127. The van der Waals surface area contributed by atoms with Gasteiger partial charge in [-0.15, -0.1) is 0 Å². The number of rotatable bonds is 3. The third kappa shape index (κ3) is 3.28. The van der Waals surface area contributed by atoms with Crippen molar-refractivity contribution in [2.75, 3.05) is 6.61 Å². The van der Waals surface area contributed by atoms with Crippen molar-refractivity contribution in [1.29, 1.82) is 0 Å². The van der Waals surface area contributed by atoms with Crippen molar-refractivity contribution in [1.82, 2.24) is 0 Å². The average molecular weight is 346 g/mol.